The van der Waals surface area contributed by atoms with Gasteiger partial charge in [-0.1, -0.05) is 31.0 Å². The number of anilines is 2. The summed E-state index contributed by atoms with van der Waals surface area (Å²) in [6.45, 7) is 0. The van der Waals surface area contributed by atoms with Gasteiger partial charge in [0.05, 0.1) is 12.8 Å². The van der Waals surface area contributed by atoms with Gasteiger partial charge in [0.15, 0.2) is 0 Å². The average molecular weight is 321 g/mol. The fourth-order valence-corrected chi connectivity index (χ4v) is 3.90. The molecule has 0 aliphatic heterocycles. The molecule has 1 fully saturated rings. The van der Waals surface area contributed by atoms with E-state index in [9.17, 15) is 0 Å². The molecule has 2 aliphatic carbocycles. The Labute approximate surface area is 143 Å². The third kappa shape index (κ3) is 2.88. The second kappa shape index (κ2) is 6.63. The predicted octanol–water partition coefficient (Wildman–Crippen LogP) is 4.71. The monoisotopic (exact) mass is 321 g/mol. The molecule has 0 spiro atoms. The summed E-state index contributed by atoms with van der Waals surface area (Å²) in [6.07, 6.45) is 9.00. The van der Waals surface area contributed by atoms with E-state index < -0.39 is 0 Å². The minimum Gasteiger partial charge on any atom is -0.501 e. The molecule has 2 aromatic rings. The number of fused-ring (bicyclic) bond motifs is 1. The van der Waals surface area contributed by atoms with E-state index in [1.54, 1.807) is 7.11 Å². The van der Waals surface area contributed by atoms with Gasteiger partial charge in [-0.25, -0.2) is 9.97 Å². The number of methoxy groups -OCH3 is 1. The van der Waals surface area contributed by atoms with Gasteiger partial charge in [-0.2, -0.15) is 0 Å². The van der Waals surface area contributed by atoms with E-state index in [0.717, 1.165) is 30.0 Å². The van der Waals surface area contributed by atoms with E-state index in [0.29, 0.717) is 11.9 Å². The number of aromatic nitrogens is 2. The van der Waals surface area contributed by atoms with Gasteiger partial charge in [0.25, 0.3) is 0 Å². The Kier molecular flexibility index (Phi) is 4.20. The Morgan fingerprint density at radius 3 is 2.62 bits per heavy atom. The summed E-state index contributed by atoms with van der Waals surface area (Å²) in [7, 11) is 1.79. The molecule has 0 radical (unpaired) electrons. The number of aryl methyl sites for hydroxylation is 1. The van der Waals surface area contributed by atoms with E-state index >= 15 is 0 Å². The SMILES string of the molecule is COC1=C(C2CCCC2)c2nc(Nc3ccccc3)ncc2CC1. The molecule has 24 heavy (non-hydrogen) atoms. The summed E-state index contributed by atoms with van der Waals surface area (Å²) in [6, 6.07) is 10.1. The number of nitrogens with zero attached hydrogens (tertiary/aromatic N) is 2. The van der Waals surface area contributed by atoms with Crippen LogP contribution in [0.15, 0.2) is 42.3 Å². The van der Waals surface area contributed by atoms with E-state index in [1.165, 1.54) is 36.8 Å². The van der Waals surface area contributed by atoms with Crippen molar-refractivity contribution >= 4 is 17.2 Å². The van der Waals surface area contributed by atoms with Crippen LogP contribution >= 0.6 is 0 Å². The molecule has 0 bridgehead atoms. The molecule has 1 saturated carbocycles. The summed E-state index contributed by atoms with van der Waals surface area (Å²) in [5.74, 6) is 2.37. The van der Waals surface area contributed by atoms with Crippen LogP contribution < -0.4 is 5.32 Å². The number of benzene rings is 1. The molecule has 0 atom stereocenters. The first-order chi connectivity index (χ1) is 11.8. The summed E-state index contributed by atoms with van der Waals surface area (Å²) in [4.78, 5) is 9.39. The first-order valence-electron chi connectivity index (χ1n) is 8.80. The number of hydrogen-bond acceptors (Lipinski definition) is 4. The van der Waals surface area contributed by atoms with Gasteiger partial charge in [-0.3, -0.25) is 0 Å². The number of rotatable bonds is 4. The van der Waals surface area contributed by atoms with Gasteiger partial charge in [0.1, 0.15) is 5.76 Å². The van der Waals surface area contributed by atoms with Crippen molar-refractivity contribution in [2.24, 2.45) is 5.92 Å². The first-order valence-corrected chi connectivity index (χ1v) is 8.80. The van der Waals surface area contributed by atoms with Crippen molar-refractivity contribution in [3.05, 3.63) is 53.5 Å². The highest BCUT2D eigenvalue weighted by Gasteiger charge is 2.30. The maximum absolute atomic E-state index is 5.73. The first kappa shape index (κ1) is 15.2. The van der Waals surface area contributed by atoms with E-state index in [4.69, 9.17) is 9.72 Å². The highest BCUT2D eigenvalue weighted by Crippen LogP contribution is 2.42. The van der Waals surface area contributed by atoms with Gasteiger partial charge < -0.3 is 10.1 Å². The summed E-state index contributed by atoms with van der Waals surface area (Å²) < 4.78 is 5.73. The van der Waals surface area contributed by atoms with Crippen molar-refractivity contribution in [2.75, 3.05) is 12.4 Å². The lowest BCUT2D eigenvalue weighted by Crippen LogP contribution is -2.15. The lowest BCUT2D eigenvalue weighted by Gasteiger charge is -2.25. The van der Waals surface area contributed by atoms with Crippen LogP contribution in [0.1, 0.15) is 43.4 Å². The normalized spacial score (nSPS) is 17.7. The predicted molar refractivity (Wildman–Crippen MR) is 96.0 cm³/mol. The minimum absolute atomic E-state index is 0.582. The standard InChI is InChI=1S/C20H23N3O/c1-24-17-12-11-15-13-21-20(22-16-9-3-2-4-10-16)23-19(15)18(17)14-7-5-6-8-14/h2-4,9-10,13-14H,5-8,11-12H2,1H3,(H,21,22,23). The molecule has 1 aromatic carbocycles. The zero-order valence-corrected chi connectivity index (χ0v) is 14.1. The lowest BCUT2D eigenvalue weighted by atomic mass is 9.85. The van der Waals surface area contributed by atoms with Crippen LogP contribution in [-0.2, 0) is 11.2 Å². The number of para-hydroxylation sites is 1. The molecular formula is C20H23N3O. The fourth-order valence-electron chi connectivity index (χ4n) is 3.90. The van der Waals surface area contributed by atoms with Crippen molar-refractivity contribution in [2.45, 2.75) is 38.5 Å². The molecule has 1 N–H and O–H groups in total. The van der Waals surface area contributed by atoms with Crippen LogP contribution in [0.5, 0.6) is 0 Å². The zero-order valence-electron chi connectivity index (χ0n) is 14.1. The largest absolute Gasteiger partial charge is 0.501 e. The maximum atomic E-state index is 5.73. The van der Waals surface area contributed by atoms with Crippen LogP contribution in [0.4, 0.5) is 11.6 Å². The Hall–Kier alpha value is -2.36. The molecule has 4 heteroatoms. The Morgan fingerprint density at radius 2 is 1.88 bits per heavy atom. The summed E-state index contributed by atoms with van der Waals surface area (Å²) in [5, 5.41) is 3.31. The third-order valence-electron chi connectivity index (χ3n) is 5.08. The third-order valence-corrected chi connectivity index (χ3v) is 5.08. The van der Waals surface area contributed by atoms with E-state index in [-0.39, 0.29) is 0 Å². The molecule has 4 rings (SSSR count). The summed E-state index contributed by atoms with van der Waals surface area (Å²) >= 11 is 0. The van der Waals surface area contributed by atoms with Crippen molar-refractivity contribution in [3.63, 3.8) is 0 Å². The van der Waals surface area contributed by atoms with Crippen LogP contribution in [-0.4, -0.2) is 17.1 Å². The van der Waals surface area contributed by atoms with Crippen LogP contribution in [0.2, 0.25) is 0 Å². The van der Waals surface area contributed by atoms with Crippen molar-refractivity contribution in [1.82, 2.24) is 9.97 Å². The fraction of sp³-hybridized carbons (Fsp3) is 0.400. The molecule has 124 valence electrons. The highest BCUT2D eigenvalue weighted by molar-refractivity contribution is 5.72. The van der Waals surface area contributed by atoms with Crippen LogP contribution in [0, 0.1) is 5.92 Å². The van der Waals surface area contributed by atoms with Gasteiger partial charge in [-0.15, -0.1) is 0 Å². The number of ether oxygens (including phenoxy) is 1. The summed E-state index contributed by atoms with van der Waals surface area (Å²) in [5.41, 5.74) is 4.68. The Balaban J connectivity index is 1.71. The van der Waals surface area contributed by atoms with E-state index in [1.807, 2.05) is 36.5 Å². The molecule has 4 nitrogen and oxygen atoms in total. The Bertz CT molecular complexity index is 749. The van der Waals surface area contributed by atoms with Gasteiger partial charge in [0, 0.05) is 23.9 Å². The molecular weight excluding hydrogens is 298 g/mol. The molecule has 1 heterocycles. The second-order valence-corrected chi connectivity index (χ2v) is 6.58. The van der Waals surface area contributed by atoms with Crippen LogP contribution in [0.25, 0.3) is 5.57 Å². The highest BCUT2D eigenvalue weighted by atomic mass is 16.5. The number of nitrogens with one attached hydrogen (secondary N) is 1. The smallest absolute Gasteiger partial charge is 0.227 e. The topological polar surface area (TPSA) is 47.0 Å². The zero-order chi connectivity index (χ0) is 16.4. The van der Waals surface area contributed by atoms with Crippen molar-refractivity contribution < 1.29 is 4.74 Å². The average Bonchev–Trinajstić information content (AvgIpc) is 3.15. The second-order valence-electron chi connectivity index (χ2n) is 6.58. The maximum Gasteiger partial charge on any atom is 0.227 e. The quantitative estimate of drug-likeness (QED) is 0.885. The van der Waals surface area contributed by atoms with Crippen molar-refractivity contribution in [3.8, 4) is 0 Å². The Morgan fingerprint density at radius 1 is 1.08 bits per heavy atom. The van der Waals surface area contributed by atoms with Gasteiger partial charge in [-0.05, 0) is 42.9 Å². The minimum atomic E-state index is 0.582. The molecule has 0 amide bonds. The molecule has 0 saturated heterocycles. The molecule has 0 unspecified atom stereocenters. The number of hydrogen-bond donors (Lipinski definition) is 1. The lowest BCUT2D eigenvalue weighted by molar-refractivity contribution is 0.274. The van der Waals surface area contributed by atoms with Crippen LogP contribution in [0.3, 0.4) is 0 Å². The molecule has 1 aromatic heterocycles. The van der Waals surface area contributed by atoms with Crippen molar-refractivity contribution in [1.29, 1.82) is 0 Å². The number of allylic oxidation sites excluding steroid dienone is 2. The van der Waals surface area contributed by atoms with Gasteiger partial charge in [0.2, 0.25) is 5.95 Å². The molecule has 2 aliphatic rings. The van der Waals surface area contributed by atoms with E-state index in [2.05, 4.69) is 10.3 Å². The van der Waals surface area contributed by atoms with Gasteiger partial charge >= 0.3 is 0 Å².